The van der Waals surface area contributed by atoms with Crippen molar-refractivity contribution in [1.29, 1.82) is 0 Å². The molecule has 1 aromatic heterocycles. The van der Waals surface area contributed by atoms with Crippen molar-refractivity contribution in [2.75, 3.05) is 13.2 Å². The van der Waals surface area contributed by atoms with Gasteiger partial charge in [-0.25, -0.2) is 9.59 Å². The number of pyridine rings is 1. The second-order valence-electron chi connectivity index (χ2n) is 12.5. The molecule has 52 heavy (non-hydrogen) atoms. The number of Topliss-reactive ketones (excluding diaryl/α,β-unsaturated/α-hetero) is 1. The van der Waals surface area contributed by atoms with Gasteiger partial charge in [-0.1, -0.05) is 97.1 Å². The number of hydrogen-bond acceptors (Lipinski definition) is 6. The van der Waals surface area contributed by atoms with Crippen LogP contribution < -0.4 is 16.1 Å². The number of carbonyl (C=O) groups is 4. The Labute approximate surface area is 298 Å². The van der Waals surface area contributed by atoms with Crippen molar-refractivity contribution in [3.05, 3.63) is 166 Å². The van der Waals surface area contributed by atoms with Gasteiger partial charge in [0, 0.05) is 41.5 Å². The molecular weight excluding hydrogens is 658 g/mol. The number of H-pyrrole nitrogens is 1. The Morgan fingerprint density at radius 1 is 0.769 bits per heavy atom. The van der Waals surface area contributed by atoms with Crippen LogP contribution in [-0.2, 0) is 16.0 Å². The quantitative estimate of drug-likeness (QED) is 0.124. The van der Waals surface area contributed by atoms with E-state index in [9.17, 15) is 29.1 Å². The second kappa shape index (κ2) is 14.6. The summed E-state index contributed by atoms with van der Waals surface area (Å²) in [5.41, 5.74) is 6.24. The van der Waals surface area contributed by atoms with Crippen molar-refractivity contribution in [2.45, 2.75) is 18.4 Å². The van der Waals surface area contributed by atoms with Gasteiger partial charge in [-0.2, -0.15) is 0 Å². The Morgan fingerprint density at radius 3 is 2.08 bits per heavy atom. The summed E-state index contributed by atoms with van der Waals surface area (Å²) in [6, 6.07) is 36.1. The van der Waals surface area contributed by atoms with Crippen LogP contribution in [0.2, 0.25) is 0 Å². The Kier molecular flexibility index (Phi) is 9.44. The monoisotopic (exact) mass is 691 g/mol. The molecule has 0 saturated heterocycles. The first-order valence-corrected chi connectivity index (χ1v) is 16.7. The SMILES string of the molecule is O=C(NC[C@H](NC(=O)c1ccc(-c2ccccc2)cc1)C(=O)Cc1ccc2[nH]cc(C(=O)O)c(=O)c2c1)OCC1c2ccccc2-c2ccccc21. The fraction of sp³-hybridized carbons (Fsp3) is 0.119. The predicted molar refractivity (Wildman–Crippen MR) is 196 cm³/mol. The number of benzene rings is 5. The van der Waals surface area contributed by atoms with Gasteiger partial charge in [-0.15, -0.1) is 0 Å². The van der Waals surface area contributed by atoms with E-state index in [1.165, 1.54) is 6.07 Å². The Balaban J connectivity index is 1.07. The molecule has 1 atom stereocenters. The molecule has 0 saturated carbocycles. The zero-order chi connectivity index (χ0) is 36.2. The molecule has 0 aliphatic heterocycles. The maximum absolute atomic E-state index is 13.8. The molecule has 1 aliphatic carbocycles. The summed E-state index contributed by atoms with van der Waals surface area (Å²) in [6.07, 6.45) is 0.168. The van der Waals surface area contributed by atoms with Gasteiger partial charge in [0.1, 0.15) is 18.2 Å². The smallest absolute Gasteiger partial charge is 0.407 e. The number of amides is 2. The van der Waals surface area contributed by atoms with Crippen LogP contribution in [0.3, 0.4) is 0 Å². The van der Waals surface area contributed by atoms with Crippen molar-refractivity contribution in [3.63, 3.8) is 0 Å². The van der Waals surface area contributed by atoms with Crippen LogP contribution in [0.15, 0.2) is 132 Å². The fourth-order valence-electron chi connectivity index (χ4n) is 6.63. The number of ether oxygens (including phenoxy) is 1. The number of aromatic carboxylic acids is 1. The Bertz CT molecular complexity index is 2340. The lowest BCUT2D eigenvalue weighted by atomic mass is 9.98. The van der Waals surface area contributed by atoms with Crippen LogP contribution in [-0.4, -0.2) is 53.0 Å². The molecule has 10 nitrogen and oxygen atoms in total. The maximum Gasteiger partial charge on any atom is 0.407 e. The molecule has 1 heterocycles. The molecule has 4 N–H and O–H groups in total. The van der Waals surface area contributed by atoms with Gasteiger partial charge in [0.25, 0.3) is 5.91 Å². The largest absolute Gasteiger partial charge is 0.477 e. The Hall–Kier alpha value is -6.81. The maximum atomic E-state index is 13.8. The summed E-state index contributed by atoms with van der Waals surface area (Å²) in [5, 5.41) is 14.9. The molecule has 0 radical (unpaired) electrons. The lowest BCUT2D eigenvalue weighted by Crippen LogP contribution is -2.49. The fourth-order valence-corrected chi connectivity index (χ4v) is 6.63. The van der Waals surface area contributed by atoms with Gasteiger partial charge < -0.3 is 25.5 Å². The predicted octanol–water partition coefficient (Wildman–Crippen LogP) is 6.34. The van der Waals surface area contributed by atoms with E-state index in [4.69, 9.17) is 4.74 Å². The van der Waals surface area contributed by atoms with Gasteiger partial charge >= 0.3 is 12.1 Å². The summed E-state index contributed by atoms with van der Waals surface area (Å²) in [7, 11) is 0. The molecule has 0 spiro atoms. The van der Waals surface area contributed by atoms with Crippen LogP contribution in [0.1, 0.15) is 43.3 Å². The zero-order valence-electron chi connectivity index (χ0n) is 27.8. The van der Waals surface area contributed by atoms with E-state index >= 15 is 0 Å². The van der Waals surface area contributed by atoms with Crippen LogP contribution in [0.4, 0.5) is 4.79 Å². The highest BCUT2D eigenvalue weighted by atomic mass is 16.5. The lowest BCUT2D eigenvalue weighted by molar-refractivity contribution is -0.120. The van der Waals surface area contributed by atoms with Gasteiger partial charge in [-0.05, 0) is 63.2 Å². The van der Waals surface area contributed by atoms with E-state index in [-0.39, 0.29) is 30.9 Å². The molecule has 0 fully saturated rings. The Morgan fingerprint density at radius 2 is 1.40 bits per heavy atom. The molecule has 1 aliphatic rings. The average Bonchev–Trinajstić information content (AvgIpc) is 3.49. The first kappa shape index (κ1) is 33.7. The summed E-state index contributed by atoms with van der Waals surface area (Å²) in [5.74, 6) is -2.50. The highest BCUT2D eigenvalue weighted by Crippen LogP contribution is 2.44. The molecule has 258 valence electrons. The van der Waals surface area contributed by atoms with Crippen LogP contribution in [0, 0.1) is 0 Å². The van der Waals surface area contributed by atoms with E-state index in [2.05, 4.69) is 15.6 Å². The number of carboxylic acid groups (broad SMARTS) is 1. The van der Waals surface area contributed by atoms with Crippen LogP contribution in [0.5, 0.6) is 0 Å². The zero-order valence-corrected chi connectivity index (χ0v) is 27.8. The number of aromatic amines is 1. The number of aromatic nitrogens is 1. The van der Waals surface area contributed by atoms with Crippen molar-refractivity contribution in [2.24, 2.45) is 0 Å². The molecule has 6 aromatic rings. The highest BCUT2D eigenvalue weighted by Gasteiger charge is 2.29. The number of carboxylic acids is 1. The van der Waals surface area contributed by atoms with Crippen LogP contribution >= 0.6 is 0 Å². The third-order valence-electron chi connectivity index (χ3n) is 9.30. The van der Waals surface area contributed by atoms with Gasteiger partial charge in [-0.3, -0.25) is 14.4 Å². The molecule has 10 heteroatoms. The summed E-state index contributed by atoms with van der Waals surface area (Å²) in [4.78, 5) is 67.4. The normalized spacial score (nSPS) is 12.4. The van der Waals surface area contributed by atoms with Crippen molar-refractivity contribution in [3.8, 4) is 22.3 Å². The van der Waals surface area contributed by atoms with Gasteiger partial charge in [0.2, 0.25) is 5.43 Å². The van der Waals surface area contributed by atoms with Crippen LogP contribution in [0.25, 0.3) is 33.2 Å². The highest BCUT2D eigenvalue weighted by molar-refractivity contribution is 5.99. The first-order chi connectivity index (χ1) is 25.3. The average molecular weight is 692 g/mol. The summed E-state index contributed by atoms with van der Waals surface area (Å²) < 4.78 is 5.66. The molecule has 0 unspecified atom stereocenters. The minimum Gasteiger partial charge on any atom is -0.477 e. The molecule has 7 rings (SSSR count). The van der Waals surface area contributed by atoms with Crippen molar-refractivity contribution < 1.29 is 29.0 Å². The van der Waals surface area contributed by atoms with Gasteiger partial charge in [0.05, 0.1) is 0 Å². The third kappa shape index (κ3) is 6.95. The van der Waals surface area contributed by atoms with Gasteiger partial charge in [0.15, 0.2) is 5.78 Å². The van der Waals surface area contributed by atoms with E-state index in [1.807, 2.05) is 91.0 Å². The molecule has 2 amide bonds. The van der Waals surface area contributed by atoms with E-state index in [1.54, 1.807) is 24.3 Å². The lowest BCUT2D eigenvalue weighted by Gasteiger charge is -2.20. The number of hydrogen-bond donors (Lipinski definition) is 4. The third-order valence-corrected chi connectivity index (χ3v) is 9.30. The first-order valence-electron chi connectivity index (χ1n) is 16.7. The molecule has 0 bridgehead atoms. The number of nitrogens with one attached hydrogen (secondary N) is 3. The van der Waals surface area contributed by atoms with E-state index < -0.39 is 40.8 Å². The second-order valence-corrected chi connectivity index (χ2v) is 12.5. The van der Waals surface area contributed by atoms with E-state index in [0.717, 1.165) is 39.6 Å². The number of fused-ring (bicyclic) bond motifs is 4. The molecular formula is C42H33N3O7. The summed E-state index contributed by atoms with van der Waals surface area (Å²) >= 11 is 0. The molecule has 5 aromatic carbocycles. The number of carbonyl (C=O) groups excluding carboxylic acids is 3. The minimum absolute atomic E-state index is 0.0720. The number of rotatable bonds is 11. The number of ketones is 1. The number of alkyl carbamates (subject to hydrolysis) is 1. The standard InChI is InChI=1S/C42H33N3O7/c46-38(21-25-14-19-36-33(20-25)39(47)34(22-43-36)41(49)50)37(45-40(48)28-17-15-27(16-18-28)26-8-2-1-3-9-26)23-44-42(51)52-24-35-31-12-6-4-10-29(31)30-11-5-7-13-32(30)35/h1-20,22,35,37H,21,23-24H2,(H,43,47)(H,44,51)(H,45,48)(H,49,50)/t37-/m0/s1. The summed E-state index contributed by atoms with van der Waals surface area (Å²) in [6.45, 7) is -0.191. The van der Waals surface area contributed by atoms with E-state index in [0.29, 0.717) is 16.6 Å². The minimum atomic E-state index is -1.37. The van der Waals surface area contributed by atoms with Crippen molar-refractivity contribution in [1.82, 2.24) is 15.6 Å². The van der Waals surface area contributed by atoms with Crippen molar-refractivity contribution >= 4 is 34.7 Å². The topological polar surface area (TPSA) is 155 Å².